The first kappa shape index (κ1) is 24.7. The summed E-state index contributed by atoms with van der Waals surface area (Å²) in [5.74, 6) is -2.92. The second-order valence-electron chi connectivity index (χ2n) is 9.25. The Hall–Kier alpha value is -2.97. The van der Waals surface area contributed by atoms with Crippen LogP contribution in [0.25, 0.3) is 21.1 Å². The molecule has 14 heteroatoms. The summed E-state index contributed by atoms with van der Waals surface area (Å²) in [5.41, 5.74) is 5.96. The second-order valence-corrected chi connectivity index (χ2v) is 10.0. The number of aliphatic carboxylic acids is 1. The van der Waals surface area contributed by atoms with E-state index in [0.717, 1.165) is 19.3 Å². The van der Waals surface area contributed by atoms with Gasteiger partial charge in [0, 0.05) is 43.6 Å². The van der Waals surface area contributed by atoms with Gasteiger partial charge >= 0.3 is 12.1 Å². The molecule has 2 aliphatic heterocycles. The summed E-state index contributed by atoms with van der Waals surface area (Å²) in [5, 5.41) is 7.52. The number of halogens is 4. The highest BCUT2D eigenvalue weighted by Gasteiger charge is 2.50. The average molecular weight is 531 g/mol. The lowest BCUT2D eigenvalue weighted by Crippen LogP contribution is -2.44. The van der Waals surface area contributed by atoms with Crippen LogP contribution in [0, 0.1) is 11.7 Å². The zero-order valence-electron chi connectivity index (χ0n) is 18.7. The lowest BCUT2D eigenvalue weighted by Gasteiger charge is -2.27. The number of H-pyrrole nitrogens is 1. The number of carboxylic acid groups (broad SMARTS) is 1. The highest BCUT2D eigenvalue weighted by atomic mass is 32.1. The molecular weight excluding hydrogens is 508 g/mol. The largest absolute Gasteiger partial charge is 0.490 e. The molecule has 2 unspecified atom stereocenters. The van der Waals surface area contributed by atoms with Gasteiger partial charge in [-0.2, -0.15) is 13.2 Å². The molecule has 3 fully saturated rings. The number of hydrogen-bond acceptors (Lipinski definition) is 7. The van der Waals surface area contributed by atoms with Crippen LogP contribution in [0.3, 0.4) is 0 Å². The van der Waals surface area contributed by atoms with Crippen molar-refractivity contribution >= 4 is 44.3 Å². The Morgan fingerprint density at radius 1 is 1.28 bits per heavy atom. The number of nitrogens with two attached hydrogens (primary N) is 1. The van der Waals surface area contributed by atoms with Gasteiger partial charge in [0.25, 0.3) is 5.56 Å². The normalized spacial score (nSPS) is 23.7. The van der Waals surface area contributed by atoms with Gasteiger partial charge in [-0.15, -0.1) is 0 Å². The first-order valence-corrected chi connectivity index (χ1v) is 12.1. The third kappa shape index (κ3) is 3.96. The minimum absolute atomic E-state index is 0.132. The molecule has 4 N–H and O–H groups in total. The number of anilines is 1. The molecule has 0 bridgehead atoms. The first-order valence-electron chi connectivity index (χ1n) is 11.2. The number of ether oxygens (including phenoxy) is 1. The van der Waals surface area contributed by atoms with E-state index >= 15 is 4.39 Å². The highest BCUT2D eigenvalue weighted by Crippen LogP contribution is 2.43. The Morgan fingerprint density at radius 2 is 1.97 bits per heavy atom. The molecule has 1 saturated carbocycles. The van der Waals surface area contributed by atoms with E-state index in [4.69, 9.17) is 20.4 Å². The van der Waals surface area contributed by atoms with E-state index in [-0.39, 0.29) is 22.7 Å². The molecule has 9 nitrogen and oxygen atoms in total. The molecule has 2 saturated heterocycles. The van der Waals surface area contributed by atoms with Crippen molar-refractivity contribution in [1.29, 1.82) is 0 Å². The van der Waals surface area contributed by atoms with Gasteiger partial charge in [0.2, 0.25) is 5.43 Å². The topological polar surface area (TPSA) is 131 Å². The number of aromatic amines is 1. The van der Waals surface area contributed by atoms with Crippen molar-refractivity contribution in [2.45, 2.75) is 37.1 Å². The van der Waals surface area contributed by atoms with Crippen LogP contribution in [0.15, 0.2) is 21.7 Å². The summed E-state index contributed by atoms with van der Waals surface area (Å²) < 4.78 is 57.6. The van der Waals surface area contributed by atoms with Crippen molar-refractivity contribution in [2.75, 3.05) is 31.1 Å². The maximum Gasteiger partial charge on any atom is 0.490 e. The second kappa shape index (κ2) is 8.56. The van der Waals surface area contributed by atoms with Crippen molar-refractivity contribution < 1.29 is 32.2 Å². The van der Waals surface area contributed by atoms with Gasteiger partial charge in [-0.3, -0.25) is 14.0 Å². The number of alkyl halides is 3. The van der Waals surface area contributed by atoms with Gasteiger partial charge in [0.05, 0.1) is 11.2 Å². The van der Waals surface area contributed by atoms with E-state index in [0.29, 0.717) is 42.3 Å². The first-order chi connectivity index (χ1) is 17.0. The molecule has 3 aromatic rings. The number of rotatable bonds is 3. The lowest BCUT2D eigenvalue weighted by molar-refractivity contribution is -0.192. The average Bonchev–Trinajstić information content (AvgIpc) is 3.30. The summed E-state index contributed by atoms with van der Waals surface area (Å²) in [7, 11) is 0. The number of benzene rings is 1. The van der Waals surface area contributed by atoms with Crippen molar-refractivity contribution in [1.82, 2.24) is 8.94 Å². The van der Waals surface area contributed by atoms with Crippen LogP contribution in [0.4, 0.5) is 23.2 Å². The minimum atomic E-state index is -5.08. The molecule has 194 valence electrons. The van der Waals surface area contributed by atoms with E-state index in [1.807, 2.05) is 9.47 Å². The summed E-state index contributed by atoms with van der Waals surface area (Å²) >= 11 is 1.18. The van der Waals surface area contributed by atoms with Crippen LogP contribution >= 0.6 is 11.5 Å². The van der Waals surface area contributed by atoms with Gasteiger partial charge in [-0.25, -0.2) is 9.18 Å². The number of carboxylic acids is 1. The quantitative estimate of drug-likeness (QED) is 0.444. The lowest BCUT2D eigenvalue weighted by atomic mass is 9.91. The summed E-state index contributed by atoms with van der Waals surface area (Å²) in [6.07, 6.45) is -2.18. The van der Waals surface area contributed by atoms with E-state index < -0.39 is 34.6 Å². The van der Waals surface area contributed by atoms with Gasteiger partial charge in [-0.1, -0.05) is 0 Å². The van der Waals surface area contributed by atoms with Gasteiger partial charge < -0.3 is 25.0 Å². The van der Waals surface area contributed by atoms with Gasteiger partial charge in [-0.05, 0) is 42.9 Å². The van der Waals surface area contributed by atoms with Crippen molar-refractivity contribution in [3.05, 3.63) is 38.5 Å². The molecule has 0 amide bonds. The standard InChI is InChI=1S/C20H21FN4O3S.C2HF3O2/c21-13-5-12-14(6-15(13)24-7-10-3-4-28-20(10,8-22)9-24)25(11-1-2-11)19-16(17(12)26)18(27)23-29-19;3-2(4,5)1(6)7/h5-6,10-11H,1-4,7-9,22H2,(H,23,27);(H,6,7). The zero-order chi connectivity index (χ0) is 26.0. The van der Waals surface area contributed by atoms with E-state index in [9.17, 15) is 22.8 Å². The summed E-state index contributed by atoms with van der Waals surface area (Å²) in [4.78, 5) is 36.7. The Labute approximate surface area is 204 Å². The molecule has 1 aliphatic carbocycles. The summed E-state index contributed by atoms with van der Waals surface area (Å²) in [6.45, 7) is 2.34. The third-order valence-electron chi connectivity index (χ3n) is 7.04. The van der Waals surface area contributed by atoms with E-state index in [1.54, 1.807) is 6.07 Å². The third-order valence-corrected chi connectivity index (χ3v) is 7.92. The molecule has 3 aliphatic rings. The fraction of sp³-hybridized carbons (Fsp3) is 0.500. The summed E-state index contributed by atoms with van der Waals surface area (Å²) in [6, 6.07) is 3.31. The Morgan fingerprint density at radius 3 is 2.56 bits per heavy atom. The maximum absolute atomic E-state index is 15.2. The maximum atomic E-state index is 15.2. The van der Waals surface area contributed by atoms with Crippen molar-refractivity contribution in [3.8, 4) is 0 Å². The van der Waals surface area contributed by atoms with Crippen LogP contribution in [0.1, 0.15) is 25.3 Å². The van der Waals surface area contributed by atoms with E-state index in [2.05, 4.69) is 4.37 Å². The number of carbonyl (C=O) groups is 1. The van der Waals surface area contributed by atoms with Crippen LogP contribution < -0.4 is 21.6 Å². The molecule has 6 rings (SSSR count). The van der Waals surface area contributed by atoms with Crippen LogP contribution in [-0.2, 0) is 9.53 Å². The molecule has 4 heterocycles. The van der Waals surface area contributed by atoms with Gasteiger partial charge in [0.1, 0.15) is 21.6 Å². The predicted octanol–water partition coefficient (Wildman–Crippen LogP) is 2.57. The monoisotopic (exact) mass is 530 g/mol. The molecule has 1 aromatic carbocycles. The smallest absolute Gasteiger partial charge is 0.475 e. The molecule has 0 spiro atoms. The number of hydrogen-bond donors (Lipinski definition) is 3. The van der Waals surface area contributed by atoms with Crippen LogP contribution in [0.2, 0.25) is 0 Å². The number of fused-ring (bicyclic) bond motifs is 3. The Balaban J connectivity index is 0.000000338. The van der Waals surface area contributed by atoms with Crippen LogP contribution in [-0.4, -0.2) is 58.0 Å². The number of nitrogens with one attached hydrogen (secondary N) is 1. The fourth-order valence-corrected chi connectivity index (χ4v) is 6.05. The molecular formula is C22H22F4N4O5S. The fourth-order valence-electron chi connectivity index (χ4n) is 5.12. The number of pyridine rings is 1. The van der Waals surface area contributed by atoms with Crippen molar-refractivity contribution in [2.24, 2.45) is 11.7 Å². The highest BCUT2D eigenvalue weighted by molar-refractivity contribution is 7.12. The molecule has 36 heavy (non-hydrogen) atoms. The SMILES string of the molecule is NCC12CN(c3cc4c(cc3F)c(=O)c3c(=O)[nH]sc3n4C3CC3)CC1CCO2.O=C(O)C(F)(F)F. The molecule has 0 radical (unpaired) electrons. The molecule has 2 aromatic heterocycles. The number of aromatic nitrogens is 2. The predicted molar refractivity (Wildman–Crippen MR) is 124 cm³/mol. The number of nitrogens with zero attached hydrogens (tertiary/aromatic N) is 2. The van der Waals surface area contributed by atoms with Crippen molar-refractivity contribution in [3.63, 3.8) is 0 Å². The van der Waals surface area contributed by atoms with Gasteiger partial charge in [0.15, 0.2) is 0 Å². The van der Waals surface area contributed by atoms with Crippen LogP contribution in [0.5, 0.6) is 0 Å². The molecule has 2 atom stereocenters. The Kier molecular flexibility index (Phi) is 5.87. The Bertz CT molecular complexity index is 1480. The minimum Gasteiger partial charge on any atom is -0.475 e. The zero-order valence-corrected chi connectivity index (χ0v) is 19.5. The van der Waals surface area contributed by atoms with E-state index in [1.165, 1.54) is 17.6 Å².